The van der Waals surface area contributed by atoms with E-state index in [2.05, 4.69) is 29.2 Å². The van der Waals surface area contributed by atoms with E-state index >= 15 is 0 Å². The lowest BCUT2D eigenvalue weighted by Crippen LogP contribution is -2.00. The van der Waals surface area contributed by atoms with Crippen LogP contribution in [0.1, 0.15) is 26.8 Å². The van der Waals surface area contributed by atoms with E-state index < -0.39 is 0 Å². The summed E-state index contributed by atoms with van der Waals surface area (Å²) in [5, 5.41) is 7.36. The number of rotatable bonds is 5. The van der Waals surface area contributed by atoms with Crippen LogP contribution in [0, 0.1) is 0 Å². The summed E-state index contributed by atoms with van der Waals surface area (Å²) < 4.78 is 7.51. The number of nitrogens with one attached hydrogen (secondary N) is 1. The van der Waals surface area contributed by atoms with Crippen molar-refractivity contribution >= 4 is 5.82 Å². The van der Waals surface area contributed by atoms with Gasteiger partial charge in [0.05, 0.1) is 12.4 Å². The van der Waals surface area contributed by atoms with Gasteiger partial charge in [0, 0.05) is 18.7 Å². The van der Waals surface area contributed by atoms with Gasteiger partial charge in [-0.3, -0.25) is 4.68 Å². The van der Waals surface area contributed by atoms with Gasteiger partial charge in [0.25, 0.3) is 0 Å². The van der Waals surface area contributed by atoms with Crippen LogP contribution < -0.4 is 10.1 Å². The summed E-state index contributed by atoms with van der Waals surface area (Å²) in [6, 6.07) is 5.97. The van der Waals surface area contributed by atoms with Crippen molar-refractivity contribution < 1.29 is 4.74 Å². The monoisotopic (exact) mass is 246 g/mol. The summed E-state index contributed by atoms with van der Waals surface area (Å²) in [5.74, 6) is 2.08. The maximum absolute atomic E-state index is 5.66. The number of aromatic nitrogens is 3. The minimum absolute atomic E-state index is 0.323. The fourth-order valence-corrected chi connectivity index (χ4v) is 1.53. The quantitative estimate of drug-likeness (QED) is 0.880. The maximum Gasteiger partial charge on any atom is 0.221 e. The molecule has 0 aliphatic heterocycles. The van der Waals surface area contributed by atoms with Crippen LogP contribution in [0.4, 0.5) is 5.82 Å². The number of hydrogen-bond acceptors (Lipinski definition) is 4. The number of nitrogens with zero attached hydrogens (tertiary/aromatic N) is 3. The van der Waals surface area contributed by atoms with E-state index in [4.69, 9.17) is 4.74 Å². The predicted octanol–water partition coefficient (Wildman–Crippen LogP) is 3.08. The van der Waals surface area contributed by atoms with E-state index in [0.717, 1.165) is 12.4 Å². The molecule has 1 N–H and O–H groups in total. The molecule has 0 aliphatic rings. The normalized spacial score (nSPS) is 10.7. The molecule has 2 aromatic rings. The van der Waals surface area contributed by atoms with E-state index in [9.17, 15) is 0 Å². The molecular weight excluding hydrogens is 228 g/mol. The lowest BCUT2D eigenvalue weighted by atomic mass is 10.4. The van der Waals surface area contributed by atoms with Crippen LogP contribution in [-0.2, 0) is 0 Å². The predicted molar refractivity (Wildman–Crippen MR) is 71.1 cm³/mol. The topological polar surface area (TPSA) is 52.0 Å². The molecule has 5 nitrogen and oxygen atoms in total. The number of ether oxygens (including phenoxy) is 1. The molecule has 5 heteroatoms. The fraction of sp³-hybridized carbons (Fsp3) is 0.385. The summed E-state index contributed by atoms with van der Waals surface area (Å²) in [6.45, 7) is 7.01. The summed E-state index contributed by atoms with van der Waals surface area (Å²) >= 11 is 0. The highest BCUT2D eigenvalue weighted by Gasteiger charge is 2.05. The number of anilines is 1. The van der Waals surface area contributed by atoms with Gasteiger partial charge < -0.3 is 10.1 Å². The maximum atomic E-state index is 5.66. The molecule has 18 heavy (non-hydrogen) atoms. The third kappa shape index (κ3) is 3.00. The van der Waals surface area contributed by atoms with E-state index in [0.29, 0.717) is 17.7 Å². The van der Waals surface area contributed by atoms with E-state index in [-0.39, 0.29) is 0 Å². The molecule has 0 aromatic carbocycles. The third-order valence-electron chi connectivity index (χ3n) is 2.41. The first kappa shape index (κ1) is 12.4. The molecule has 0 aliphatic carbocycles. The van der Waals surface area contributed by atoms with Gasteiger partial charge in [-0.2, -0.15) is 10.1 Å². The van der Waals surface area contributed by atoms with Crippen LogP contribution in [0.3, 0.4) is 0 Å². The molecule has 0 bridgehead atoms. The second-order valence-electron chi connectivity index (χ2n) is 4.24. The zero-order chi connectivity index (χ0) is 13.0. The van der Waals surface area contributed by atoms with Crippen molar-refractivity contribution in [2.75, 3.05) is 11.9 Å². The van der Waals surface area contributed by atoms with Crippen LogP contribution in [0.15, 0.2) is 30.6 Å². The first-order valence-electron chi connectivity index (χ1n) is 6.12. The van der Waals surface area contributed by atoms with Crippen LogP contribution in [0.5, 0.6) is 11.6 Å². The standard InChI is InChI=1S/C13H18N4O/c1-4-14-12-6-5-7-13(16-12)18-11-8-15-17(9-11)10(2)3/h5-10H,4H2,1-3H3,(H,14,16). The van der Waals surface area contributed by atoms with E-state index in [1.54, 1.807) is 6.20 Å². The van der Waals surface area contributed by atoms with E-state index in [1.807, 2.05) is 36.0 Å². The zero-order valence-electron chi connectivity index (χ0n) is 10.9. The van der Waals surface area contributed by atoms with Crippen LogP contribution in [0.2, 0.25) is 0 Å². The highest BCUT2D eigenvalue weighted by molar-refractivity contribution is 5.37. The molecule has 2 rings (SSSR count). The summed E-state index contributed by atoms with van der Waals surface area (Å²) in [4.78, 5) is 4.34. The van der Waals surface area contributed by atoms with Gasteiger partial charge in [0.15, 0.2) is 5.75 Å². The molecule has 2 aromatic heterocycles. The lowest BCUT2D eigenvalue weighted by molar-refractivity contribution is 0.459. The first-order valence-corrected chi connectivity index (χ1v) is 6.12. The second-order valence-corrected chi connectivity index (χ2v) is 4.24. The molecule has 2 heterocycles. The smallest absolute Gasteiger partial charge is 0.221 e. The molecule has 0 amide bonds. The molecule has 96 valence electrons. The summed E-state index contributed by atoms with van der Waals surface area (Å²) in [6.07, 6.45) is 3.56. The molecule has 0 unspecified atom stereocenters. The average molecular weight is 246 g/mol. The van der Waals surface area contributed by atoms with Gasteiger partial charge in [0.1, 0.15) is 5.82 Å². The summed E-state index contributed by atoms with van der Waals surface area (Å²) in [5.41, 5.74) is 0. The van der Waals surface area contributed by atoms with Gasteiger partial charge in [-0.25, -0.2) is 0 Å². The van der Waals surface area contributed by atoms with Gasteiger partial charge in [-0.1, -0.05) is 6.07 Å². The Morgan fingerprint density at radius 2 is 2.22 bits per heavy atom. The Hall–Kier alpha value is -2.04. The van der Waals surface area contributed by atoms with E-state index in [1.165, 1.54) is 0 Å². The van der Waals surface area contributed by atoms with Gasteiger partial charge >= 0.3 is 0 Å². The molecule has 0 saturated carbocycles. The summed E-state index contributed by atoms with van der Waals surface area (Å²) in [7, 11) is 0. The highest BCUT2D eigenvalue weighted by Crippen LogP contribution is 2.21. The van der Waals surface area contributed by atoms with Crippen molar-refractivity contribution in [3.63, 3.8) is 0 Å². The minimum atomic E-state index is 0.323. The minimum Gasteiger partial charge on any atom is -0.436 e. The molecule has 0 radical (unpaired) electrons. The Balaban J connectivity index is 2.10. The number of hydrogen-bond donors (Lipinski definition) is 1. The highest BCUT2D eigenvalue weighted by atomic mass is 16.5. The van der Waals surface area contributed by atoms with Crippen LogP contribution in [0.25, 0.3) is 0 Å². The van der Waals surface area contributed by atoms with Crippen LogP contribution >= 0.6 is 0 Å². The Morgan fingerprint density at radius 3 is 2.89 bits per heavy atom. The van der Waals surface area contributed by atoms with Crippen molar-refractivity contribution in [2.24, 2.45) is 0 Å². The Kier molecular flexibility index (Phi) is 3.82. The van der Waals surface area contributed by atoms with Gasteiger partial charge in [-0.05, 0) is 26.8 Å². The Labute approximate surface area is 107 Å². The fourth-order valence-electron chi connectivity index (χ4n) is 1.53. The lowest BCUT2D eigenvalue weighted by Gasteiger charge is -2.06. The molecule has 0 atom stereocenters. The largest absolute Gasteiger partial charge is 0.436 e. The zero-order valence-corrected chi connectivity index (χ0v) is 10.9. The average Bonchev–Trinajstić information content (AvgIpc) is 2.78. The third-order valence-corrected chi connectivity index (χ3v) is 2.41. The molecular formula is C13H18N4O. The van der Waals surface area contributed by atoms with Crippen molar-refractivity contribution in [2.45, 2.75) is 26.8 Å². The Bertz CT molecular complexity index is 507. The first-order chi connectivity index (χ1) is 8.69. The van der Waals surface area contributed by atoms with Gasteiger partial charge in [-0.15, -0.1) is 0 Å². The number of pyridine rings is 1. The van der Waals surface area contributed by atoms with Crippen molar-refractivity contribution in [1.29, 1.82) is 0 Å². The van der Waals surface area contributed by atoms with Crippen LogP contribution in [-0.4, -0.2) is 21.3 Å². The van der Waals surface area contributed by atoms with Crippen molar-refractivity contribution in [1.82, 2.24) is 14.8 Å². The van der Waals surface area contributed by atoms with Crippen molar-refractivity contribution in [3.8, 4) is 11.6 Å². The molecule has 0 fully saturated rings. The second kappa shape index (κ2) is 5.53. The molecule has 0 spiro atoms. The van der Waals surface area contributed by atoms with Crippen molar-refractivity contribution in [3.05, 3.63) is 30.6 Å². The van der Waals surface area contributed by atoms with Gasteiger partial charge in [0.2, 0.25) is 5.88 Å². The SMILES string of the molecule is CCNc1cccc(Oc2cnn(C(C)C)c2)n1. The Morgan fingerprint density at radius 1 is 1.39 bits per heavy atom. The molecule has 0 saturated heterocycles.